The molecule has 0 atom stereocenters. The summed E-state index contributed by atoms with van der Waals surface area (Å²) in [7, 11) is 0. The van der Waals surface area contributed by atoms with Crippen molar-refractivity contribution < 1.29 is 9.59 Å². The Kier molecular flexibility index (Phi) is 3.25. The average Bonchev–Trinajstić information content (AvgIpc) is 1.83. The van der Waals surface area contributed by atoms with Crippen LogP contribution in [0.5, 0.6) is 0 Å². The van der Waals surface area contributed by atoms with Crippen LogP contribution in [0.15, 0.2) is 0 Å². The zero-order chi connectivity index (χ0) is 6.41. The first-order chi connectivity index (χ1) is 3.81. The molecular formula is C5H5NO2. The van der Waals surface area contributed by atoms with Crippen LogP contribution < -0.4 is 5.32 Å². The average molecular weight is 111 g/mol. The van der Waals surface area contributed by atoms with Crippen molar-refractivity contribution in [1.29, 1.82) is 0 Å². The summed E-state index contributed by atoms with van der Waals surface area (Å²) in [6.45, 7) is 0.109. The van der Waals surface area contributed by atoms with Crippen LogP contribution in [0.1, 0.15) is 0 Å². The van der Waals surface area contributed by atoms with Crippen LogP contribution in [-0.2, 0) is 9.59 Å². The molecule has 0 saturated heterocycles. The van der Waals surface area contributed by atoms with E-state index in [-0.39, 0.29) is 12.8 Å². The minimum Gasteiger partial charge on any atom is -0.339 e. The number of hydrogen-bond donors (Lipinski definition) is 1. The third kappa shape index (κ3) is 2.91. The fourth-order valence-electron chi connectivity index (χ4n) is 0.180. The van der Waals surface area contributed by atoms with Crippen molar-refractivity contribution in [3.63, 3.8) is 0 Å². The second-order valence-corrected chi connectivity index (χ2v) is 1.04. The largest absolute Gasteiger partial charge is 0.339 e. The summed E-state index contributed by atoms with van der Waals surface area (Å²) >= 11 is 0. The van der Waals surface area contributed by atoms with Crippen molar-refractivity contribution in [3.8, 4) is 12.3 Å². The van der Waals surface area contributed by atoms with E-state index in [0.717, 1.165) is 0 Å². The van der Waals surface area contributed by atoms with Gasteiger partial charge in [-0.15, -0.1) is 6.42 Å². The normalized spacial score (nSPS) is 6.88. The van der Waals surface area contributed by atoms with Crippen LogP contribution in [0.3, 0.4) is 0 Å². The molecule has 0 heterocycles. The Morgan fingerprint density at radius 1 is 1.88 bits per heavy atom. The van der Waals surface area contributed by atoms with Crippen LogP contribution in [0, 0.1) is 12.3 Å². The van der Waals surface area contributed by atoms with E-state index < -0.39 is 5.91 Å². The van der Waals surface area contributed by atoms with Gasteiger partial charge in [0.15, 0.2) is 0 Å². The summed E-state index contributed by atoms with van der Waals surface area (Å²) in [5.74, 6) is 1.46. The molecule has 1 amide bonds. The molecule has 0 aromatic rings. The Hall–Kier alpha value is -1.30. The molecule has 0 unspecified atom stereocenters. The van der Waals surface area contributed by atoms with Gasteiger partial charge in [0.1, 0.15) is 0 Å². The summed E-state index contributed by atoms with van der Waals surface area (Å²) in [6.07, 6.45) is 4.93. The van der Waals surface area contributed by atoms with Crippen molar-refractivity contribution in [2.75, 3.05) is 6.54 Å². The Labute approximate surface area is 47.1 Å². The Bertz CT molecular complexity index is 134. The smallest absolute Gasteiger partial charge is 0.284 e. The summed E-state index contributed by atoms with van der Waals surface area (Å²) in [5, 5.41) is 2.14. The lowest BCUT2D eigenvalue weighted by Gasteiger charge is -1.87. The fourth-order valence-corrected chi connectivity index (χ4v) is 0.180. The maximum Gasteiger partial charge on any atom is 0.284 e. The molecule has 0 aliphatic rings. The summed E-state index contributed by atoms with van der Waals surface area (Å²) in [6, 6.07) is 0. The van der Waals surface area contributed by atoms with Crippen LogP contribution in [0.2, 0.25) is 0 Å². The lowest BCUT2D eigenvalue weighted by molar-refractivity contribution is -0.131. The number of aldehydes is 1. The molecule has 0 radical (unpaired) electrons. The summed E-state index contributed by atoms with van der Waals surface area (Å²) in [4.78, 5) is 19.5. The first-order valence-corrected chi connectivity index (χ1v) is 1.97. The lowest BCUT2D eigenvalue weighted by Crippen LogP contribution is -2.23. The third-order valence-corrected chi connectivity index (χ3v) is 0.472. The molecule has 3 nitrogen and oxygen atoms in total. The van der Waals surface area contributed by atoms with Gasteiger partial charge in [-0.1, -0.05) is 5.92 Å². The van der Waals surface area contributed by atoms with Gasteiger partial charge in [0.2, 0.25) is 6.29 Å². The second kappa shape index (κ2) is 3.88. The lowest BCUT2D eigenvalue weighted by atomic mass is 10.6. The van der Waals surface area contributed by atoms with Crippen molar-refractivity contribution in [3.05, 3.63) is 0 Å². The first kappa shape index (κ1) is 6.70. The number of carbonyl (C=O) groups excluding carboxylic acids is 2. The predicted molar refractivity (Wildman–Crippen MR) is 27.9 cm³/mol. The van der Waals surface area contributed by atoms with E-state index >= 15 is 0 Å². The van der Waals surface area contributed by atoms with Crippen LogP contribution >= 0.6 is 0 Å². The standard InChI is InChI=1S/C5H5NO2/c1-2-3-6-5(8)4-7/h1,4H,3H2,(H,6,8). The minimum absolute atomic E-state index is 0.109. The van der Waals surface area contributed by atoms with Gasteiger partial charge in [0.25, 0.3) is 5.91 Å². The maximum absolute atomic E-state index is 10.00. The van der Waals surface area contributed by atoms with Gasteiger partial charge in [-0.3, -0.25) is 9.59 Å². The van der Waals surface area contributed by atoms with E-state index in [1.807, 2.05) is 0 Å². The van der Waals surface area contributed by atoms with E-state index in [2.05, 4.69) is 11.2 Å². The molecule has 0 bridgehead atoms. The van der Waals surface area contributed by atoms with Crippen LogP contribution in [-0.4, -0.2) is 18.7 Å². The van der Waals surface area contributed by atoms with Gasteiger partial charge in [-0.05, 0) is 0 Å². The zero-order valence-corrected chi connectivity index (χ0v) is 4.18. The first-order valence-electron chi connectivity index (χ1n) is 1.97. The van der Waals surface area contributed by atoms with Gasteiger partial charge < -0.3 is 5.32 Å². The highest BCUT2D eigenvalue weighted by Gasteiger charge is 1.90. The number of terminal acetylenes is 1. The number of rotatable bonds is 2. The van der Waals surface area contributed by atoms with Gasteiger partial charge in [-0.25, -0.2) is 0 Å². The molecule has 0 spiro atoms. The van der Waals surface area contributed by atoms with Crippen molar-refractivity contribution in [1.82, 2.24) is 5.32 Å². The van der Waals surface area contributed by atoms with Crippen molar-refractivity contribution >= 4 is 12.2 Å². The second-order valence-electron chi connectivity index (χ2n) is 1.04. The van der Waals surface area contributed by atoms with E-state index in [1.54, 1.807) is 0 Å². The monoisotopic (exact) mass is 111 g/mol. The molecule has 0 rings (SSSR count). The summed E-state index contributed by atoms with van der Waals surface area (Å²) in [5.41, 5.74) is 0. The Balaban J connectivity index is 3.28. The van der Waals surface area contributed by atoms with Gasteiger partial charge in [-0.2, -0.15) is 0 Å². The molecule has 0 aromatic carbocycles. The number of carbonyl (C=O) groups is 2. The molecule has 42 valence electrons. The highest BCUT2D eigenvalue weighted by molar-refractivity contribution is 6.23. The van der Waals surface area contributed by atoms with Crippen molar-refractivity contribution in [2.24, 2.45) is 0 Å². The fraction of sp³-hybridized carbons (Fsp3) is 0.200. The van der Waals surface area contributed by atoms with Crippen LogP contribution in [0.4, 0.5) is 0 Å². The molecule has 0 saturated carbocycles. The third-order valence-electron chi connectivity index (χ3n) is 0.472. The highest BCUT2D eigenvalue weighted by atomic mass is 16.2. The van der Waals surface area contributed by atoms with Crippen LogP contribution in [0.25, 0.3) is 0 Å². The number of hydrogen-bond acceptors (Lipinski definition) is 2. The molecule has 0 fully saturated rings. The minimum atomic E-state index is -0.678. The quantitative estimate of drug-likeness (QED) is 0.280. The maximum atomic E-state index is 10.00. The molecule has 0 aliphatic heterocycles. The molecule has 0 aromatic heterocycles. The molecule has 0 aliphatic carbocycles. The number of nitrogens with one attached hydrogen (secondary N) is 1. The summed E-state index contributed by atoms with van der Waals surface area (Å²) < 4.78 is 0. The van der Waals surface area contributed by atoms with Gasteiger partial charge >= 0.3 is 0 Å². The zero-order valence-electron chi connectivity index (χ0n) is 4.18. The van der Waals surface area contributed by atoms with E-state index in [0.29, 0.717) is 0 Å². The Morgan fingerprint density at radius 3 is 2.88 bits per heavy atom. The SMILES string of the molecule is C#CCNC(=O)C=O. The van der Waals surface area contributed by atoms with Gasteiger partial charge in [0.05, 0.1) is 6.54 Å². The Morgan fingerprint density at radius 2 is 2.50 bits per heavy atom. The number of amides is 1. The molecule has 1 N–H and O–H groups in total. The van der Waals surface area contributed by atoms with E-state index in [1.165, 1.54) is 0 Å². The van der Waals surface area contributed by atoms with Gasteiger partial charge in [0, 0.05) is 0 Å². The highest BCUT2D eigenvalue weighted by Crippen LogP contribution is 1.53. The predicted octanol–water partition coefficient (Wildman–Crippen LogP) is -1.07. The molecule has 8 heavy (non-hydrogen) atoms. The molecule has 3 heteroatoms. The van der Waals surface area contributed by atoms with Crippen molar-refractivity contribution in [2.45, 2.75) is 0 Å². The van der Waals surface area contributed by atoms with E-state index in [4.69, 9.17) is 6.42 Å². The topological polar surface area (TPSA) is 46.2 Å². The molecular weight excluding hydrogens is 106 g/mol. The van der Waals surface area contributed by atoms with E-state index in [9.17, 15) is 9.59 Å².